The first-order valence-corrected chi connectivity index (χ1v) is 11.2. The van der Waals surface area contributed by atoms with E-state index in [1.54, 1.807) is 18.4 Å². The number of ether oxygens (including phenoxy) is 1. The highest BCUT2D eigenvalue weighted by molar-refractivity contribution is 7.10. The standard InChI is InChI=1S/C25H27N3O2S/c1-18-11-13-19(14-12-18)23-22(21-10-7-17-31-21)25(2,24(29)26-15-16-30-3)28(27-23)20-8-5-4-6-9-20/h4-14,17,22H,15-16H2,1-3H3,(H,26,29). The van der Waals surface area contributed by atoms with E-state index in [2.05, 4.69) is 48.0 Å². The Hall–Kier alpha value is -2.96. The van der Waals surface area contributed by atoms with E-state index in [0.717, 1.165) is 21.8 Å². The zero-order valence-electron chi connectivity index (χ0n) is 18.0. The van der Waals surface area contributed by atoms with Crippen molar-refractivity contribution in [3.8, 4) is 0 Å². The molecule has 5 nitrogen and oxygen atoms in total. The molecule has 0 radical (unpaired) electrons. The molecule has 0 saturated carbocycles. The number of carbonyl (C=O) groups excluding carboxylic acids is 1. The number of amides is 1. The van der Waals surface area contributed by atoms with Crippen molar-refractivity contribution in [1.29, 1.82) is 0 Å². The second-order valence-electron chi connectivity index (χ2n) is 7.84. The number of aryl methyl sites for hydroxylation is 1. The Morgan fingerprint density at radius 2 is 1.87 bits per heavy atom. The third kappa shape index (κ3) is 4.01. The number of nitrogens with one attached hydrogen (secondary N) is 1. The molecule has 2 aromatic carbocycles. The van der Waals surface area contributed by atoms with Gasteiger partial charge < -0.3 is 10.1 Å². The molecule has 2 atom stereocenters. The van der Waals surface area contributed by atoms with E-state index in [-0.39, 0.29) is 11.8 Å². The summed E-state index contributed by atoms with van der Waals surface area (Å²) in [7, 11) is 1.63. The minimum atomic E-state index is -0.930. The van der Waals surface area contributed by atoms with Gasteiger partial charge >= 0.3 is 0 Å². The monoisotopic (exact) mass is 433 g/mol. The molecule has 6 heteroatoms. The molecule has 0 saturated heterocycles. The SMILES string of the molecule is COCCNC(=O)C1(C)C(c2cccs2)C(c2ccc(C)cc2)=NN1c1ccccc1. The Balaban J connectivity index is 1.86. The first-order valence-electron chi connectivity index (χ1n) is 10.4. The van der Waals surface area contributed by atoms with Gasteiger partial charge in [-0.05, 0) is 43.0 Å². The van der Waals surface area contributed by atoms with Crippen molar-refractivity contribution in [3.63, 3.8) is 0 Å². The third-order valence-electron chi connectivity index (χ3n) is 5.71. The summed E-state index contributed by atoms with van der Waals surface area (Å²) in [5.41, 5.74) is 3.07. The normalized spacial score (nSPS) is 20.5. The summed E-state index contributed by atoms with van der Waals surface area (Å²) in [5.74, 6) is -0.282. The lowest BCUT2D eigenvalue weighted by Gasteiger charge is -2.37. The molecular formula is C25H27N3O2S. The van der Waals surface area contributed by atoms with Crippen molar-refractivity contribution in [1.82, 2.24) is 5.32 Å². The van der Waals surface area contributed by atoms with E-state index in [1.165, 1.54) is 5.56 Å². The molecular weight excluding hydrogens is 406 g/mol. The summed E-state index contributed by atoms with van der Waals surface area (Å²) in [5, 5.41) is 12.1. The number of para-hydroxylation sites is 1. The maximum Gasteiger partial charge on any atom is 0.248 e. The summed E-state index contributed by atoms with van der Waals surface area (Å²) < 4.78 is 5.15. The van der Waals surface area contributed by atoms with Crippen LogP contribution in [-0.4, -0.2) is 37.4 Å². The van der Waals surface area contributed by atoms with Gasteiger partial charge in [-0.25, -0.2) is 5.01 Å². The van der Waals surface area contributed by atoms with Gasteiger partial charge in [0.05, 0.1) is 23.9 Å². The summed E-state index contributed by atoms with van der Waals surface area (Å²) in [6.07, 6.45) is 0. The van der Waals surface area contributed by atoms with Gasteiger partial charge in [-0.1, -0.05) is 54.1 Å². The lowest BCUT2D eigenvalue weighted by atomic mass is 9.78. The van der Waals surface area contributed by atoms with Crippen LogP contribution in [0.25, 0.3) is 0 Å². The Morgan fingerprint density at radius 1 is 1.13 bits per heavy atom. The Bertz CT molecular complexity index is 1050. The fraction of sp³-hybridized carbons (Fsp3) is 0.280. The molecule has 0 bridgehead atoms. The molecule has 1 aliphatic heterocycles. The Morgan fingerprint density at radius 3 is 2.52 bits per heavy atom. The van der Waals surface area contributed by atoms with E-state index in [4.69, 9.17) is 9.84 Å². The van der Waals surface area contributed by atoms with E-state index in [9.17, 15) is 4.79 Å². The largest absolute Gasteiger partial charge is 0.383 e. The Kier molecular flexibility index (Phi) is 6.20. The van der Waals surface area contributed by atoms with E-state index >= 15 is 0 Å². The highest BCUT2D eigenvalue weighted by Crippen LogP contribution is 2.46. The number of methoxy groups -OCH3 is 1. The van der Waals surface area contributed by atoms with Crippen LogP contribution in [0.2, 0.25) is 0 Å². The summed E-state index contributed by atoms with van der Waals surface area (Å²) in [4.78, 5) is 14.8. The van der Waals surface area contributed by atoms with E-state index in [1.807, 2.05) is 48.3 Å². The minimum absolute atomic E-state index is 0.0716. The van der Waals surface area contributed by atoms with Gasteiger partial charge in [-0.3, -0.25) is 4.79 Å². The molecule has 0 spiro atoms. The molecule has 31 heavy (non-hydrogen) atoms. The van der Waals surface area contributed by atoms with Crippen LogP contribution in [0.1, 0.15) is 28.8 Å². The predicted molar refractivity (Wildman–Crippen MR) is 127 cm³/mol. The molecule has 0 fully saturated rings. The van der Waals surface area contributed by atoms with Crippen LogP contribution in [0, 0.1) is 6.92 Å². The highest BCUT2D eigenvalue weighted by atomic mass is 32.1. The topological polar surface area (TPSA) is 53.9 Å². The van der Waals surface area contributed by atoms with Crippen molar-refractivity contribution in [3.05, 3.63) is 88.1 Å². The van der Waals surface area contributed by atoms with Crippen molar-refractivity contribution >= 4 is 28.6 Å². The number of anilines is 1. The first-order chi connectivity index (χ1) is 15.1. The molecule has 1 aliphatic rings. The van der Waals surface area contributed by atoms with Crippen molar-refractivity contribution in [2.24, 2.45) is 5.10 Å². The zero-order chi connectivity index (χ0) is 21.8. The quantitative estimate of drug-likeness (QED) is 0.555. The molecule has 3 aromatic rings. The average Bonchev–Trinajstić information content (AvgIpc) is 3.41. The number of hydrogen-bond acceptors (Lipinski definition) is 5. The maximum absolute atomic E-state index is 13.7. The van der Waals surface area contributed by atoms with Crippen LogP contribution in [0.3, 0.4) is 0 Å². The molecule has 2 unspecified atom stereocenters. The van der Waals surface area contributed by atoms with Crippen molar-refractivity contribution in [2.45, 2.75) is 25.3 Å². The smallest absolute Gasteiger partial charge is 0.248 e. The van der Waals surface area contributed by atoms with Crippen molar-refractivity contribution in [2.75, 3.05) is 25.3 Å². The van der Waals surface area contributed by atoms with Crippen LogP contribution in [0.5, 0.6) is 0 Å². The summed E-state index contributed by atoms with van der Waals surface area (Å²) in [6, 6.07) is 22.4. The summed E-state index contributed by atoms with van der Waals surface area (Å²) >= 11 is 1.65. The van der Waals surface area contributed by atoms with E-state index in [0.29, 0.717) is 13.2 Å². The number of hydrogen-bond donors (Lipinski definition) is 1. The highest BCUT2D eigenvalue weighted by Gasteiger charge is 2.55. The lowest BCUT2D eigenvalue weighted by Crippen LogP contribution is -2.57. The molecule has 1 N–H and O–H groups in total. The van der Waals surface area contributed by atoms with Gasteiger partial charge in [0.2, 0.25) is 5.91 Å². The molecule has 160 valence electrons. The molecule has 1 amide bonds. The lowest BCUT2D eigenvalue weighted by molar-refractivity contribution is -0.126. The van der Waals surface area contributed by atoms with Crippen LogP contribution in [0.4, 0.5) is 5.69 Å². The van der Waals surface area contributed by atoms with Gasteiger partial charge in [-0.2, -0.15) is 5.10 Å². The number of rotatable bonds is 7. The number of hydrazone groups is 1. The van der Waals surface area contributed by atoms with Crippen LogP contribution >= 0.6 is 11.3 Å². The number of carbonyl (C=O) groups is 1. The van der Waals surface area contributed by atoms with Crippen LogP contribution in [0.15, 0.2) is 77.2 Å². The van der Waals surface area contributed by atoms with Crippen molar-refractivity contribution < 1.29 is 9.53 Å². The molecule has 1 aromatic heterocycles. The van der Waals surface area contributed by atoms with E-state index < -0.39 is 5.54 Å². The zero-order valence-corrected chi connectivity index (χ0v) is 18.9. The van der Waals surface area contributed by atoms with Crippen LogP contribution < -0.4 is 10.3 Å². The minimum Gasteiger partial charge on any atom is -0.383 e. The second-order valence-corrected chi connectivity index (χ2v) is 8.82. The predicted octanol–water partition coefficient (Wildman–Crippen LogP) is 4.59. The van der Waals surface area contributed by atoms with Crippen LogP contribution in [-0.2, 0) is 9.53 Å². The first kappa shape index (κ1) is 21.3. The average molecular weight is 434 g/mol. The van der Waals surface area contributed by atoms with Gasteiger partial charge in [0.1, 0.15) is 0 Å². The molecule has 4 rings (SSSR count). The maximum atomic E-state index is 13.7. The third-order valence-corrected chi connectivity index (χ3v) is 6.65. The molecule has 0 aliphatic carbocycles. The van der Waals surface area contributed by atoms with Gasteiger partial charge in [-0.15, -0.1) is 11.3 Å². The Labute approximate surface area is 187 Å². The van der Waals surface area contributed by atoms with Gasteiger partial charge in [0.25, 0.3) is 0 Å². The molecule has 2 heterocycles. The fourth-order valence-electron chi connectivity index (χ4n) is 4.04. The fourth-order valence-corrected chi connectivity index (χ4v) is 4.99. The van der Waals surface area contributed by atoms with Gasteiger partial charge in [0.15, 0.2) is 5.54 Å². The number of nitrogens with zero attached hydrogens (tertiary/aromatic N) is 2. The van der Waals surface area contributed by atoms with Gasteiger partial charge in [0, 0.05) is 18.5 Å². The summed E-state index contributed by atoms with van der Waals surface area (Å²) in [6.45, 7) is 4.96. The second kappa shape index (κ2) is 9.04. The number of benzene rings is 2. The number of thiophene rings is 1.